The van der Waals surface area contributed by atoms with Crippen LogP contribution in [0.4, 0.5) is 23.1 Å². The van der Waals surface area contributed by atoms with Crippen LogP contribution in [0, 0.1) is 0 Å². The minimum atomic E-state index is -0.558. The average Bonchev–Trinajstić information content (AvgIpc) is 3.47. The van der Waals surface area contributed by atoms with Gasteiger partial charge in [-0.25, -0.2) is 4.98 Å². The number of carbonyl (C=O) groups excluding carboxylic acids is 2. The molecule has 1 aliphatic rings. The molecule has 0 aliphatic heterocycles. The molecule has 0 bridgehead atoms. The lowest BCUT2D eigenvalue weighted by molar-refractivity contribution is -0.128. The van der Waals surface area contributed by atoms with E-state index >= 15 is 0 Å². The van der Waals surface area contributed by atoms with Gasteiger partial charge in [0.15, 0.2) is 0 Å². The second-order valence-electron chi connectivity index (χ2n) is 6.91. The second-order valence-corrected chi connectivity index (χ2v) is 6.91. The Labute approximate surface area is 163 Å². The van der Waals surface area contributed by atoms with E-state index in [2.05, 4.69) is 25.9 Å². The molecule has 1 aromatic carbocycles. The number of aromatic nitrogens is 2. The Morgan fingerprint density at radius 2 is 1.86 bits per heavy atom. The van der Waals surface area contributed by atoms with E-state index in [1.165, 1.54) is 6.20 Å². The van der Waals surface area contributed by atoms with Crippen LogP contribution in [0.25, 0.3) is 0 Å². The van der Waals surface area contributed by atoms with Gasteiger partial charge in [0.1, 0.15) is 5.82 Å². The first-order chi connectivity index (χ1) is 13.4. The molecule has 0 spiro atoms. The van der Waals surface area contributed by atoms with E-state index in [0.29, 0.717) is 30.8 Å². The molecule has 2 amide bonds. The van der Waals surface area contributed by atoms with Gasteiger partial charge in [-0.15, -0.1) is 0 Å². The van der Waals surface area contributed by atoms with Crippen LogP contribution < -0.4 is 21.7 Å². The summed E-state index contributed by atoms with van der Waals surface area (Å²) in [4.78, 5) is 33.3. The number of rotatable bonds is 9. The SMILES string of the molecule is CN(C)C(=O)CCNc1ccc(Nc2ncc(C(N)=O)c(NC3CC3)n2)cc1. The van der Waals surface area contributed by atoms with Gasteiger partial charge in [0.2, 0.25) is 11.9 Å². The maximum Gasteiger partial charge on any atom is 0.254 e. The molecule has 0 atom stereocenters. The Hall–Kier alpha value is -3.36. The molecule has 1 aliphatic carbocycles. The van der Waals surface area contributed by atoms with Crippen LogP contribution in [0.5, 0.6) is 0 Å². The van der Waals surface area contributed by atoms with Crippen molar-refractivity contribution in [1.29, 1.82) is 0 Å². The summed E-state index contributed by atoms with van der Waals surface area (Å²) in [5.74, 6) is 0.359. The van der Waals surface area contributed by atoms with Gasteiger partial charge in [0.05, 0.1) is 5.56 Å². The predicted octanol–water partition coefficient (Wildman–Crippen LogP) is 1.78. The molecule has 28 heavy (non-hydrogen) atoms. The molecule has 1 saturated carbocycles. The molecule has 9 nitrogen and oxygen atoms in total. The number of nitrogens with two attached hydrogens (primary N) is 1. The third-order valence-corrected chi connectivity index (χ3v) is 4.28. The Kier molecular flexibility index (Phi) is 5.93. The molecule has 2 aromatic rings. The molecule has 0 radical (unpaired) electrons. The third kappa shape index (κ3) is 5.32. The average molecular weight is 383 g/mol. The first-order valence-electron chi connectivity index (χ1n) is 9.17. The van der Waals surface area contributed by atoms with E-state index in [4.69, 9.17) is 5.73 Å². The highest BCUT2D eigenvalue weighted by Gasteiger charge is 2.24. The van der Waals surface area contributed by atoms with Gasteiger partial charge in [-0.05, 0) is 37.1 Å². The summed E-state index contributed by atoms with van der Waals surface area (Å²) in [7, 11) is 3.48. The van der Waals surface area contributed by atoms with Crippen molar-refractivity contribution in [3.8, 4) is 0 Å². The zero-order valence-corrected chi connectivity index (χ0v) is 16.0. The van der Waals surface area contributed by atoms with Crippen LogP contribution in [0.2, 0.25) is 0 Å². The summed E-state index contributed by atoms with van der Waals surface area (Å²) in [5, 5.41) is 9.54. The van der Waals surface area contributed by atoms with Crippen molar-refractivity contribution in [3.63, 3.8) is 0 Å². The smallest absolute Gasteiger partial charge is 0.254 e. The maximum absolute atomic E-state index is 11.6. The van der Waals surface area contributed by atoms with E-state index in [9.17, 15) is 9.59 Å². The van der Waals surface area contributed by atoms with Crippen molar-refractivity contribution in [3.05, 3.63) is 36.0 Å². The predicted molar refractivity (Wildman–Crippen MR) is 109 cm³/mol. The number of nitrogens with one attached hydrogen (secondary N) is 3. The van der Waals surface area contributed by atoms with E-state index in [-0.39, 0.29) is 11.5 Å². The summed E-state index contributed by atoms with van der Waals surface area (Å²) < 4.78 is 0. The highest BCUT2D eigenvalue weighted by molar-refractivity contribution is 5.97. The molecule has 9 heteroatoms. The van der Waals surface area contributed by atoms with Gasteiger partial charge >= 0.3 is 0 Å². The zero-order valence-electron chi connectivity index (χ0n) is 16.0. The zero-order chi connectivity index (χ0) is 20.1. The number of hydrogen-bond donors (Lipinski definition) is 4. The minimum absolute atomic E-state index is 0.0814. The quantitative estimate of drug-likeness (QED) is 0.520. The fourth-order valence-electron chi connectivity index (χ4n) is 2.49. The first kappa shape index (κ1) is 19.4. The molecular formula is C19H25N7O2. The van der Waals surface area contributed by atoms with E-state index < -0.39 is 5.91 Å². The van der Waals surface area contributed by atoms with Gasteiger partial charge in [0, 0.05) is 50.7 Å². The van der Waals surface area contributed by atoms with Gasteiger partial charge in [-0.3, -0.25) is 9.59 Å². The molecule has 1 fully saturated rings. The van der Waals surface area contributed by atoms with Gasteiger partial charge in [0.25, 0.3) is 5.91 Å². The number of primary amides is 1. The molecule has 0 unspecified atom stereocenters. The summed E-state index contributed by atoms with van der Waals surface area (Å²) >= 11 is 0. The standard InChI is InChI=1S/C19H25N7O2/c1-26(2)16(27)9-10-21-12-3-5-14(6-4-12)24-19-22-11-15(17(20)28)18(25-19)23-13-7-8-13/h3-6,11,13,21H,7-10H2,1-2H3,(H2,20,28)(H2,22,23,24,25). The number of benzene rings is 1. The van der Waals surface area contributed by atoms with Crippen LogP contribution >= 0.6 is 0 Å². The van der Waals surface area contributed by atoms with Gasteiger partial charge in [-0.1, -0.05) is 0 Å². The van der Waals surface area contributed by atoms with Crippen LogP contribution in [0.3, 0.4) is 0 Å². The van der Waals surface area contributed by atoms with Gasteiger partial charge in [-0.2, -0.15) is 4.98 Å². The van der Waals surface area contributed by atoms with Crippen LogP contribution in [-0.2, 0) is 4.79 Å². The second kappa shape index (κ2) is 8.55. The molecule has 5 N–H and O–H groups in total. The van der Waals surface area contributed by atoms with Crippen molar-refractivity contribution in [2.24, 2.45) is 5.73 Å². The summed E-state index contributed by atoms with van der Waals surface area (Å²) in [6.07, 6.45) is 3.98. The third-order valence-electron chi connectivity index (χ3n) is 4.28. The highest BCUT2D eigenvalue weighted by atomic mass is 16.2. The molecule has 1 aromatic heterocycles. The van der Waals surface area contributed by atoms with Crippen LogP contribution in [0.1, 0.15) is 29.6 Å². The number of carbonyl (C=O) groups is 2. The fourth-order valence-corrected chi connectivity index (χ4v) is 2.49. The maximum atomic E-state index is 11.6. The van der Waals surface area contributed by atoms with Crippen molar-refractivity contribution >= 4 is 35.0 Å². The lowest BCUT2D eigenvalue weighted by Gasteiger charge is -2.12. The monoisotopic (exact) mass is 383 g/mol. The minimum Gasteiger partial charge on any atom is -0.385 e. The topological polar surface area (TPSA) is 125 Å². The van der Waals surface area contributed by atoms with E-state index in [1.807, 2.05) is 24.3 Å². The Morgan fingerprint density at radius 1 is 1.18 bits per heavy atom. The Bertz CT molecular complexity index is 848. The number of hydrogen-bond acceptors (Lipinski definition) is 7. The molecule has 148 valence electrons. The normalized spacial score (nSPS) is 12.9. The number of anilines is 4. The Balaban J connectivity index is 1.60. The summed E-state index contributed by atoms with van der Waals surface area (Å²) in [6.45, 7) is 0.567. The summed E-state index contributed by atoms with van der Waals surface area (Å²) in [6, 6.07) is 7.92. The van der Waals surface area contributed by atoms with E-state index in [1.54, 1.807) is 19.0 Å². The van der Waals surface area contributed by atoms with Crippen LogP contribution in [-0.4, -0.2) is 53.4 Å². The lowest BCUT2D eigenvalue weighted by Crippen LogP contribution is -2.23. The fraction of sp³-hybridized carbons (Fsp3) is 0.368. The first-order valence-corrected chi connectivity index (χ1v) is 9.17. The summed E-state index contributed by atoms with van der Waals surface area (Å²) in [5.41, 5.74) is 7.40. The van der Waals surface area contributed by atoms with Crippen molar-refractivity contribution in [2.75, 3.05) is 36.6 Å². The molecule has 1 heterocycles. The van der Waals surface area contributed by atoms with E-state index in [0.717, 1.165) is 24.2 Å². The molecular weight excluding hydrogens is 358 g/mol. The largest absolute Gasteiger partial charge is 0.385 e. The lowest BCUT2D eigenvalue weighted by atomic mass is 10.2. The molecule has 0 saturated heterocycles. The van der Waals surface area contributed by atoms with Crippen molar-refractivity contribution < 1.29 is 9.59 Å². The number of nitrogens with zero attached hydrogens (tertiary/aromatic N) is 3. The van der Waals surface area contributed by atoms with Crippen molar-refractivity contribution in [2.45, 2.75) is 25.3 Å². The highest BCUT2D eigenvalue weighted by Crippen LogP contribution is 2.26. The molecule has 3 rings (SSSR count). The van der Waals surface area contributed by atoms with Crippen LogP contribution in [0.15, 0.2) is 30.5 Å². The van der Waals surface area contributed by atoms with Crippen molar-refractivity contribution in [1.82, 2.24) is 14.9 Å². The number of amides is 2. The van der Waals surface area contributed by atoms with Gasteiger partial charge < -0.3 is 26.6 Å². The Morgan fingerprint density at radius 3 is 2.46 bits per heavy atom.